The quantitative estimate of drug-likeness (QED) is 0.664. The molecule has 16 heavy (non-hydrogen) atoms. The molecule has 0 aromatic heterocycles. The molecule has 0 aromatic rings. The van der Waals surface area contributed by atoms with Crippen LogP contribution in [0.15, 0.2) is 12.2 Å². The number of carbonyl (C=O) groups excluding carboxylic acids is 3. The van der Waals surface area contributed by atoms with Crippen molar-refractivity contribution in [1.82, 2.24) is 10.2 Å². The van der Waals surface area contributed by atoms with Gasteiger partial charge in [0.05, 0.1) is 0 Å². The highest BCUT2D eigenvalue weighted by molar-refractivity contribution is 6.12. The van der Waals surface area contributed by atoms with Gasteiger partial charge in [-0.1, -0.05) is 0 Å². The second-order valence-corrected chi connectivity index (χ2v) is 4.11. The molecule has 0 saturated heterocycles. The molecule has 1 heterocycles. The molecule has 0 aromatic carbocycles. The maximum absolute atomic E-state index is 11.3. The zero-order chi connectivity index (χ0) is 11.5. The van der Waals surface area contributed by atoms with Gasteiger partial charge in [0.15, 0.2) is 0 Å². The van der Waals surface area contributed by atoms with Crippen LogP contribution in [-0.2, 0) is 14.4 Å². The van der Waals surface area contributed by atoms with Crippen LogP contribution < -0.4 is 5.32 Å². The van der Waals surface area contributed by atoms with E-state index in [4.69, 9.17) is 0 Å². The average Bonchev–Trinajstić information content (AvgIpc) is 2.99. The summed E-state index contributed by atoms with van der Waals surface area (Å²) in [5, 5.41) is 2.86. The summed E-state index contributed by atoms with van der Waals surface area (Å²) in [7, 11) is 0. The zero-order valence-electron chi connectivity index (χ0n) is 8.94. The number of imide groups is 1. The van der Waals surface area contributed by atoms with Crippen LogP contribution in [0, 0.1) is 0 Å². The third kappa shape index (κ3) is 2.68. The Morgan fingerprint density at radius 2 is 1.94 bits per heavy atom. The fourth-order valence-corrected chi connectivity index (χ4v) is 1.58. The third-order valence-electron chi connectivity index (χ3n) is 2.63. The highest BCUT2D eigenvalue weighted by atomic mass is 16.2. The molecule has 5 nitrogen and oxygen atoms in total. The van der Waals surface area contributed by atoms with E-state index < -0.39 is 0 Å². The summed E-state index contributed by atoms with van der Waals surface area (Å²) >= 11 is 0. The van der Waals surface area contributed by atoms with Gasteiger partial charge in [-0.15, -0.1) is 0 Å². The zero-order valence-corrected chi connectivity index (χ0v) is 8.94. The number of carbonyl (C=O) groups is 3. The van der Waals surface area contributed by atoms with Crippen LogP contribution in [0.25, 0.3) is 0 Å². The smallest absolute Gasteiger partial charge is 0.253 e. The molecule has 86 valence electrons. The van der Waals surface area contributed by atoms with Crippen LogP contribution in [0.2, 0.25) is 0 Å². The van der Waals surface area contributed by atoms with E-state index in [2.05, 4.69) is 5.32 Å². The molecule has 1 fully saturated rings. The molecule has 1 aliphatic heterocycles. The molecule has 1 saturated carbocycles. The minimum atomic E-state index is -0.285. The van der Waals surface area contributed by atoms with E-state index >= 15 is 0 Å². The molecule has 2 rings (SSSR count). The fourth-order valence-electron chi connectivity index (χ4n) is 1.58. The Labute approximate surface area is 93.5 Å². The number of nitrogens with one attached hydrogen (secondary N) is 1. The van der Waals surface area contributed by atoms with Crippen molar-refractivity contribution in [2.45, 2.75) is 31.7 Å². The maximum Gasteiger partial charge on any atom is 0.253 e. The van der Waals surface area contributed by atoms with Crippen molar-refractivity contribution in [2.24, 2.45) is 0 Å². The van der Waals surface area contributed by atoms with Gasteiger partial charge in [0, 0.05) is 31.2 Å². The number of hydrogen-bond acceptors (Lipinski definition) is 3. The van der Waals surface area contributed by atoms with Crippen LogP contribution >= 0.6 is 0 Å². The van der Waals surface area contributed by atoms with E-state index in [1.165, 1.54) is 12.2 Å². The van der Waals surface area contributed by atoms with Gasteiger partial charge < -0.3 is 5.32 Å². The number of rotatable bonds is 5. The van der Waals surface area contributed by atoms with Crippen LogP contribution in [-0.4, -0.2) is 35.2 Å². The SMILES string of the molecule is O=C(CCCN1C(=O)C=CC1=O)NC1CC1. The van der Waals surface area contributed by atoms with Gasteiger partial charge in [0.25, 0.3) is 11.8 Å². The van der Waals surface area contributed by atoms with E-state index in [0.29, 0.717) is 25.4 Å². The lowest BCUT2D eigenvalue weighted by molar-refractivity contribution is -0.137. The maximum atomic E-state index is 11.3. The summed E-state index contributed by atoms with van der Waals surface area (Å²) in [5.74, 6) is -0.560. The molecule has 0 atom stereocenters. The van der Waals surface area contributed by atoms with E-state index in [1.54, 1.807) is 0 Å². The summed E-state index contributed by atoms with van der Waals surface area (Å²) < 4.78 is 0. The topological polar surface area (TPSA) is 66.5 Å². The van der Waals surface area contributed by atoms with Crippen LogP contribution in [0.4, 0.5) is 0 Å². The molecule has 3 amide bonds. The molecule has 2 aliphatic rings. The minimum Gasteiger partial charge on any atom is -0.353 e. The van der Waals surface area contributed by atoms with Gasteiger partial charge in [-0.25, -0.2) is 0 Å². The molecule has 0 unspecified atom stereocenters. The highest BCUT2D eigenvalue weighted by Gasteiger charge is 2.24. The van der Waals surface area contributed by atoms with E-state index in [9.17, 15) is 14.4 Å². The molecule has 1 aliphatic carbocycles. The third-order valence-corrected chi connectivity index (χ3v) is 2.63. The summed E-state index contributed by atoms with van der Waals surface area (Å²) in [6.45, 7) is 0.322. The molecule has 0 radical (unpaired) electrons. The number of nitrogens with zero attached hydrogens (tertiary/aromatic N) is 1. The monoisotopic (exact) mass is 222 g/mol. The molecular weight excluding hydrogens is 208 g/mol. The lowest BCUT2D eigenvalue weighted by atomic mass is 10.2. The van der Waals surface area contributed by atoms with Crippen LogP contribution in [0.5, 0.6) is 0 Å². The molecule has 1 N–H and O–H groups in total. The first kappa shape index (κ1) is 10.9. The van der Waals surface area contributed by atoms with Crippen molar-refractivity contribution < 1.29 is 14.4 Å². The van der Waals surface area contributed by atoms with Gasteiger partial charge in [0.2, 0.25) is 5.91 Å². The summed E-state index contributed by atoms with van der Waals surface area (Å²) in [6, 6.07) is 0.365. The summed E-state index contributed by atoms with van der Waals surface area (Å²) in [6.07, 6.45) is 5.54. The van der Waals surface area contributed by atoms with Crippen molar-refractivity contribution in [3.05, 3.63) is 12.2 Å². The van der Waals surface area contributed by atoms with Crippen LogP contribution in [0.3, 0.4) is 0 Å². The van der Waals surface area contributed by atoms with Gasteiger partial charge in [-0.05, 0) is 19.3 Å². The first-order valence-electron chi connectivity index (χ1n) is 5.50. The van der Waals surface area contributed by atoms with Gasteiger partial charge in [-0.3, -0.25) is 19.3 Å². The van der Waals surface area contributed by atoms with E-state index in [1.807, 2.05) is 0 Å². The number of hydrogen-bond donors (Lipinski definition) is 1. The van der Waals surface area contributed by atoms with E-state index in [0.717, 1.165) is 17.7 Å². The average molecular weight is 222 g/mol. The second-order valence-electron chi connectivity index (χ2n) is 4.11. The first-order chi connectivity index (χ1) is 7.66. The molecule has 0 bridgehead atoms. The predicted molar refractivity (Wildman–Crippen MR) is 56.3 cm³/mol. The fraction of sp³-hybridized carbons (Fsp3) is 0.545. The largest absolute Gasteiger partial charge is 0.353 e. The summed E-state index contributed by atoms with van der Waals surface area (Å²) in [5.41, 5.74) is 0. The Kier molecular flexibility index (Phi) is 3.03. The minimum absolute atomic E-state index is 0.00885. The lowest BCUT2D eigenvalue weighted by Gasteiger charge is -2.12. The standard InChI is InChI=1S/C11H14N2O3/c14-9(12-8-3-4-8)2-1-7-13-10(15)5-6-11(13)16/h5-6,8H,1-4,7H2,(H,12,14). The Morgan fingerprint density at radius 3 is 2.50 bits per heavy atom. The normalized spacial score (nSPS) is 19.4. The van der Waals surface area contributed by atoms with Crippen LogP contribution in [0.1, 0.15) is 25.7 Å². The Hall–Kier alpha value is -1.65. The highest BCUT2D eigenvalue weighted by Crippen LogP contribution is 2.18. The van der Waals surface area contributed by atoms with Gasteiger partial charge in [-0.2, -0.15) is 0 Å². The number of amides is 3. The predicted octanol–water partition coefficient (Wildman–Crippen LogP) is -0.0298. The second kappa shape index (κ2) is 4.47. The Balaban J connectivity index is 1.65. The van der Waals surface area contributed by atoms with E-state index in [-0.39, 0.29) is 17.7 Å². The van der Waals surface area contributed by atoms with Crippen molar-refractivity contribution >= 4 is 17.7 Å². The molecule has 5 heteroatoms. The van der Waals surface area contributed by atoms with Crippen molar-refractivity contribution in [3.8, 4) is 0 Å². The molecular formula is C11H14N2O3. The van der Waals surface area contributed by atoms with Gasteiger partial charge >= 0.3 is 0 Å². The van der Waals surface area contributed by atoms with Crippen molar-refractivity contribution in [1.29, 1.82) is 0 Å². The first-order valence-corrected chi connectivity index (χ1v) is 5.50. The van der Waals surface area contributed by atoms with Crippen molar-refractivity contribution in [2.75, 3.05) is 6.54 Å². The Bertz CT molecular complexity index is 340. The molecule has 0 spiro atoms. The van der Waals surface area contributed by atoms with Gasteiger partial charge in [0.1, 0.15) is 0 Å². The Morgan fingerprint density at radius 1 is 1.31 bits per heavy atom. The summed E-state index contributed by atoms with van der Waals surface area (Å²) in [4.78, 5) is 34.8. The lowest BCUT2D eigenvalue weighted by Crippen LogP contribution is -2.32. The van der Waals surface area contributed by atoms with Crippen molar-refractivity contribution in [3.63, 3.8) is 0 Å².